The van der Waals surface area contributed by atoms with E-state index in [9.17, 15) is 57.8 Å². The molecule has 2 aromatic rings. The fourth-order valence-corrected chi connectivity index (χ4v) is 13.7. The number of urea groups is 1. The minimum atomic E-state index is -1.05. The molecule has 0 bridgehead atoms. The number of ether oxygens (including phenoxy) is 1. The zero-order chi connectivity index (χ0) is 65.4. The van der Waals surface area contributed by atoms with Crippen LogP contribution in [0.5, 0.6) is 0 Å². The summed E-state index contributed by atoms with van der Waals surface area (Å²) in [5.74, 6) is -6.14. The topological polar surface area (TPSA) is 299 Å². The van der Waals surface area contributed by atoms with Crippen molar-refractivity contribution < 1.29 is 62.6 Å². The summed E-state index contributed by atoms with van der Waals surface area (Å²) in [4.78, 5) is 154. The van der Waals surface area contributed by atoms with E-state index in [2.05, 4.69) is 25.8 Å². The van der Waals surface area contributed by atoms with E-state index in [1.54, 1.807) is 36.6 Å². The lowest BCUT2D eigenvalue weighted by atomic mass is 9.82. The lowest BCUT2D eigenvalue weighted by Gasteiger charge is -2.39. The first-order valence-corrected chi connectivity index (χ1v) is 34.1. The second-order valence-electron chi connectivity index (χ2n) is 25.2. The first kappa shape index (κ1) is 74.6. The fraction of sp³-hybridized carbons (Fsp3) is 0.697. The highest BCUT2D eigenvalue weighted by atomic mass is 32.2. The molecule has 11 atom stereocenters. The number of amides is 5. The molecule has 1 aromatic carbocycles. The number of Topliss-reactive ketones (excluding diaryl/α,β-unsaturated/α-hetero) is 5. The van der Waals surface area contributed by atoms with Gasteiger partial charge in [-0.25, -0.2) is 9.78 Å². The summed E-state index contributed by atoms with van der Waals surface area (Å²) in [6.07, 6.45) is 8.89. The zero-order valence-corrected chi connectivity index (χ0v) is 55.7. The number of piperidine rings is 1. The van der Waals surface area contributed by atoms with E-state index < -0.39 is 77.7 Å². The number of carbonyl (C=O) groups is 11. The van der Waals surface area contributed by atoms with Crippen molar-refractivity contribution in [3.63, 3.8) is 0 Å². The Hall–Kier alpha value is -5.87. The summed E-state index contributed by atoms with van der Waals surface area (Å²) in [6, 6.07) is 4.05. The number of thiazole rings is 1. The molecule has 5 amide bonds. The van der Waals surface area contributed by atoms with Crippen LogP contribution in [0.25, 0.3) is 0 Å². The van der Waals surface area contributed by atoms with Crippen LogP contribution in [-0.2, 0) is 60.7 Å². The quantitative estimate of drug-likeness (QED) is 0.0236. The fourth-order valence-electron chi connectivity index (χ4n) is 12.1. The third kappa shape index (κ3) is 23.5. The van der Waals surface area contributed by atoms with Crippen molar-refractivity contribution in [3.8, 4) is 0 Å². The van der Waals surface area contributed by atoms with Gasteiger partial charge in [-0.15, -0.1) is 11.3 Å². The van der Waals surface area contributed by atoms with E-state index in [1.165, 1.54) is 18.7 Å². The number of nitrogens with one attached hydrogen (secondary N) is 3. The molecule has 20 nitrogen and oxygen atoms in total. The second-order valence-corrected chi connectivity index (χ2v) is 27.2. The van der Waals surface area contributed by atoms with Gasteiger partial charge in [0.1, 0.15) is 22.3 Å². The molecular weight excluding hydrogens is 1160 g/mol. The van der Waals surface area contributed by atoms with Gasteiger partial charge in [0.15, 0.2) is 23.5 Å². The number of benzene rings is 1. The highest BCUT2D eigenvalue weighted by molar-refractivity contribution is 8.00. The van der Waals surface area contributed by atoms with Gasteiger partial charge in [0.05, 0.1) is 29.2 Å². The Morgan fingerprint density at radius 3 is 2.17 bits per heavy atom. The molecule has 2 fully saturated rings. The molecule has 6 N–H and O–H groups in total. The van der Waals surface area contributed by atoms with Crippen LogP contribution in [0.4, 0.5) is 4.79 Å². The molecule has 490 valence electrons. The van der Waals surface area contributed by atoms with E-state index in [-0.39, 0.29) is 134 Å². The SMILES string of the molecule is CCCN(C(=O)[C@@H](CC(=O)[C@H]1CCCCN1C)[C@@H](C)CC)[C@H](C[C@@H](OC(C)=O)c1nc(C(=O)N[C@@H](Cc2ccc(CC(=O)[C@H](CCCNC(N)=O)NC(=O)[C@@H](CC(=O)CCCCCC3C(=O)CC(SC)C3=O)C(C)C)cc2)CC(C)C(=O)O)cs1)C(C)C. The van der Waals surface area contributed by atoms with E-state index in [0.29, 0.717) is 62.1 Å². The molecule has 1 saturated carbocycles. The highest BCUT2D eigenvalue weighted by Gasteiger charge is 2.41. The number of likely N-dealkylation sites (N-methyl/N-ethyl adjacent to an activating group) is 1. The van der Waals surface area contributed by atoms with Gasteiger partial charge in [-0.05, 0) is 107 Å². The number of hydrogen-bond acceptors (Lipinski definition) is 16. The molecule has 22 heteroatoms. The number of nitrogens with zero attached hydrogens (tertiary/aromatic N) is 3. The van der Waals surface area contributed by atoms with Gasteiger partial charge >= 0.3 is 18.0 Å². The first-order valence-electron chi connectivity index (χ1n) is 31.9. The summed E-state index contributed by atoms with van der Waals surface area (Å²) in [5.41, 5.74) is 6.67. The van der Waals surface area contributed by atoms with Crippen molar-refractivity contribution in [1.29, 1.82) is 0 Å². The number of carboxylic acids is 1. The maximum atomic E-state index is 14.9. The van der Waals surface area contributed by atoms with E-state index in [0.717, 1.165) is 42.7 Å². The number of thioether (sulfide) groups is 1. The average Bonchev–Trinajstić information content (AvgIpc) is 4.31. The van der Waals surface area contributed by atoms with Crippen molar-refractivity contribution in [2.75, 3.05) is 32.9 Å². The van der Waals surface area contributed by atoms with Crippen molar-refractivity contribution in [2.45, 2.75) is 220 Å². The van der Waals surface area contributed by atoms with Crippen molar-refractivity contribution in [2.24, 2.45) is 47.2 Å². The Labute approximate surface area is 529 Å². The molecule has 0 radical (unpaired) electrons. The number of hydrogen-bond donors (Lipinski definition) is 5. The van der Waals surface area contributed by atoms with Gasteiger partial charge in [-0.1, -0.05) is 105 Å². The van der Waals surface area contributed by atoms with Crippen molar-refractivity contribution in [1.82, 2.24) is 30.7 Å². The predicted octanol–water partition coefficient (Wildman–Crippen LogP) is 9.07. The average molecular weight is 1260 g/mol. The Morgan fingerprint density at radius 1 is 0.886 bits per heavy atom. The zero-order valence-electron chi connectivity index (χ0n) is 54.0. The van der Waals surface area contributed by atoms with Crippen LogP contribution >= 0.6 is 23.1 Å². The predicted molar refractivity (Wildman–Crippen MR) is 341 cm³/mol. The minimum absolute atomic E-state index is 0.00788. The normalized spacial score (nSPS) is 19.0. The summed E-state index contributed by atoms with van der Waals surface area (Å²) >= 11 is 2.54. The van der Waals surface area contributed by atoms with Crippen LogP contribution < -0.4 is 21.7 Å². The Bertz CT molecular complexity index is 2680. The van der Waals surface area contributed by atoms with Crippen molar-refractivity contribution in [3.05, 3.63) is 51.5 Å². The van der Waals surface area contributed by atoms with Crippen LogP contribution in [0.2, 0.25) is 0 Å². The van der Waals surface area contributed by atoms with Crippen LogP contribution in [-0.4, -0.2) is 147 Å². The molecule has 1 saturated heterocycles. The minimum Gasteiger partial charge on any atom is -0.481 e. The van der Waals surface area contributed by atoms with E-state index in [1.807, 2.05) is 66.7 Å². The van der Waals surface area contributed by atoms with Gasteiger partial charge in [-0.3, -0.25) is 52.8 Å². The maximum Gasteiger partial charge on any atom is 0.312 e. The van der Waals surface area contributed by atoms with Crippen LogP contribution in [0.3, 0.4) is 0 Å². The number of unbranched alkanes of at least 4 members (excludes halogenated alkanes) is 2. The Kier molecular flexibility index (Phi) is 31.6. The Morgan fingerprint density at radius 2 is 1.58 bits per heavy atom. The third-order valence-corrected chi connectivity index (χ3v) is 19.5. The number of rotatable bonds is 40. The standard InChI is InChI=1S/C66H101N7O13S2/c1-12-29-73(64(82)50(41(7)13-2)35-57(78)53-23-17-18-30-72(53)10)54(40(5)6)36-58(86-43(9)74)63-71-52(38-88-63)62(81)69-46(31-42(8)65(83)84)32-44-24-26-45(27-25-44)33-56(77)51(22-19-28-68-66(67)85)70-61(80)49(39(3)4)34-47(75)20-15-14-16-21-48-55(76)37-59(87-11)60(48)79/h24-27,38-42,46,48-51,53-54,58-59H,12-23,28-37H2,1-11H3,(H,69,81)(H,70,80)(H,83,84)(H3,67,68,85)/t41-,42?,46+,48?,49-,50-,51-,53+,54+,58+,59?/m0/s1. The van der Waals surface area contributed by atoms with Crippen LogP contribution in [0.1, 0.15) is 204 Å². The highest BCUT2D eigenvalue weighted by Crippen LogP contribution is 2.35. The molecular formula is C66H101N7O13S2. The van der Waals surface area contributed by atoms with Gasteiger partial charge in [0, 0.05) is 87.8 Å². The molecule has 4 rings (SSSR count). The van der Waals surface area contributed by atoms with Crippen LogP contribution in [0.15, 0.2) is 29.6 Å². The van der Waals surface area contributed by atoms with E-state index >= 15 is 0 Å². The molecule has 2 aliphatic rings. The van der Waals surface area contributed by atoms with Gasteiger partial charge in [-0.2, -0.15) is 11.8 Å². The molecule has 1 aliphatic heterocycles. The molecule has 0 spiro atoms. The largest absolute Gasteiger partial charge is 0.481 e. The van der Waals surface area contributed by atoms with E-state index in [4.69, 9.17) is 10.5 Å². The summed E-state index contributed by atoms with van der Waals surface area (Å²) in [5, 5.41) is 20.0. The van der Waals surface area contributed by atoms with Crippen LogP contribution in [0, 0.1) is 41.4 Å². The monoisotopic (exact) mass is 1260 g/mol. The summed E-state index contributed by atoms with van der Waals surface area (Å²) in [6.45, 7) is 18.0. The second kappa shape index (κ2) is 37.3. The number of likely N-dealkylation sites (tertiary alicyclic amines) is 1. The van der Waals surface area contributed by atoms with Crippen molar-refractivity contribution >= 4 is 87.7 Å². The summed E-state index contributed by atoms with van der Waals surface area (Å²) < 4.78 is 5.93. The maximum absolute atomic E-state index is 14.9. The molecule has 1 aromatic heterocycles. The Balaban J connectivity index is 1.46. The lowest BCUT2D eigenvalue weighted by molar-refractivity contribution is -0.150. The van der Waals surface area contributed by atoms with Gasteiger partial charge in [0.25, 0.3) is 5.91 Å². The number of primary amides is 1. The molecule has 1 aliphatic carbocycles. The smallest absolute Gasteiger partial charge is 0.312 e. The number of carbonyl (C=O) groups excluding carboxylic acids is 10. The number of nitrogens with two attached hydrogens (primary N) is 1. The number of ketones is 5. The number of aliphatic carboxylic acids is 1. The molecule has 2 heterocycles. The molecule has 3 unspecified atom stereocenters. The first-order chi connectivity index (χ1) is 41.7. The number of carboxylic acid groups (broad SMARTS) is 1. The van der Waals surface area contributed by atoms with Gasteiger partial charge < -0.3 is 36.4 Å². The summed E-state index contributed by atoms with van der Waals surface area (Å²) in [7, 11) is 1.97. The third-order valence-electron chi connectivity index (χ3n) is 17.6. The molecule has 88 heavy (non-hydrogen) atoms. The number of esters is 1. The number of aromatic nitrogens is 1. The van der Waals surface area contributed by atoms with Gasteiger partial charge in [0.2, 0.25) is 11.8 Å². The lowest BCUT2D eigenvalue weighted by Crippen LogP contribution is -2.50.